The lowest BCUT2D eigenvalue weighted by Crippen LogP contribution is -2.62. The molecule has 0 aromatic rings. The van der Waals surface area contributed by atoms with Gasteiger partial charge >= 0.3 is 6.18 Å². The molecule has 1 aliphatic heterocycles. The first-order chi connectivity index (χ1) is 21.9. The Labute approximate surface area is 278 Å². The monoisotopic (exact) mass is 653 g/mol. The lowest BCUT2D eigenvalue weighted by atomic mass is 9.92. The van der Waals surface area contributed by atoms with E-state index in [0.717, 1.165) is 67.9 Å². The number of allylic oxidation sites excluding steroid dienone is 2. The van der Waals surface area contributed by atoms with Gasteiger partial charge in [-0.05, 0) is 64.2 Å². The van der Waals surface area contributed by atoms with Gasteiger partial charge in [-0.25, -0.2) is 4.99 Å². The second-order valence-electron chi connectivity index (χ2n) is 13.6. The molecule has 0 bridgehead atoms. The normalized spacial score (nSPS) is 22.0. The third-order valence-corrected chi connectivity index (χ3v) is 9.71. The molecule has 1 aliphatic carbocycles. The second kappa shape index (κ2) is 20.2. The number of amidine groups is 1. The van der Waals surface area contributed by atoms with Crippen LogP contribution in [0.25, 0.3) is 0 Å². The summed E-state index contributed by atoms with van der Waals surface area (Å²) in [5.41, 5.74) is 0.334. The number of rotatable bonds is 21. The summed E-state index contributed by atoms with van der Waals surface area (Å²) in [6.45, 7) is 15.1. The zero-order valence-corrected chi connectivity index (χ0v) is 30.1. The Bertz CT molecular complexity index is 1050. The fourth-order valence-electron chi connectivity index (χ4n) is 6.90. The number of nitrogens with zero attached hydrogens (tertiary/aromatic N) is 3. The van der Waals surface area contributed by atoms with Crippen molar-refractivity contribution < 1.29 is 22.4 Å². The molecule has 3 unspecified atom stereocenters. The molecule has 1 fully saturated rings. The van der Waals surface area contributed by atoms with Crippen molar-refractivity contribution in [2.75, 3.05) is 33.2 Å². The molecule has 0 aromatic carbocycles. The van der Waals surface area contributed by atoms with Crippen LogP contribution in [-0.4, -0.2) is 72.6 Å². The standard InChI is InChI=1S/C37H65F3N5O/c1-8-13-19-31(17-10-3)45(7)26-15-20-34(35(45)12-5)43-29(6)42-28-32(37(38,39)40)33(18-11-4)41-23-16-25-44(24-14-9-2)36(46)27-30-21-22-30/h18,20,28,30-31,35,41H,8-17,19,21-27H2,1-7H3,(H,42,43)/q+1/b32-28+,33-18+. The van der Waals surface area contributed by atoms with Gasteiger partial charge in [0.25, 0.3) is 0 Å². The molecule has 6 nitrogen and oxygen atoms in total. The van der Waals surface area contributed by atoms with Gasteiger partial charge in [-0.3, -0.25) is 4.79 Å². The third-order valence-electron chi connectivity index (χ3n) is 9.71. The molecule has 0 saturated heterocycles. The van der Waals surface area contributed by atoms with Crippen molar-refractivity contribution in [2.24, 2.45) is 10.9 Å². The lowest BCUT2D eigenvalue weighted by molar-refractivity contribution is -0.953. The molecule has 2 aliphatic rings. The number of aliphatic imine (C=N–C) groups is 1. The summed E-state index contributed by atoms with van der Waals surface area (Å²) in [5, 5.41) is 6.46. The highest BCUT2D eigenvalue weighted by molar-refractivity contribution is 5.82. The molecule has 0 aromatic heterocycles. The van der Waals surface area contributed by atoms with Gasteiger partial charge in [-0.2, -0.15) is 13.2 Å². The van der Waals surface area contributed by atoms with Gasteiger partial charge in [0.1, 0.15) is 11.9 Å². The molecule has 1 heterocycles. The van der Waals surface area contributed by atoms with Crippen molar-refractivity contribution in [3.63, 3.8) is 0 Å². The molecule has 1 amide bonds. The first-order valence-corrected chi connectivity index (χ1v) is 18.3. The van der Waals surface area contributed by atoms with E-state index >= 15 is 0 Å². The van der Waals surface area contributed by atoms with Crippen LogP contribution in [0.1, 0.15) is 131 Å². The Kier molecular flexibility index (Phi) is 17.5. The van der Waals surface area contributed by atoms with E-state index in [4.69, 9.17) is 0 Å². The van der Waals surface area contributed by atoms with Crippen LogP contribution in [0.3, 0.4) is 0 Å². The van der Waals surface area contributed by atoms with Crippen LogP contribution < -0.4 is 10.6 Å². The molecule has 9 heteroatoms. The number of unbranched alkanes of at least 4 members (excludes halogenated alkanes) is 2. The van der Waals surface area contributed by atoms with E-state index in [1.165, 1.54) is 25.7 Å². The van der Waals surface area contributed by atoms with Gasteiger partial charge in [-0.1, -0.05) is 66.0 Å². The van der Waals surface area contributed by atoms with E-state index in [1.54, 1.807) is 13.0 Å². The molecule has 0 radical (unpaired) electrons. The Balaban J connectivity index is 2.16. The second-order valence-corrected chi connectivity index (χ2v) is 13.6. The molecule has 264 valence electrons. The smallest absolute Gasteiger partial charge is 0.385 e. The summed E-state index contributed by atoms with van der Waals surface area (Å²) >= 11 is 0. The summed E-state index contributed by atoms with van der Waals surface area (Å²) < 4.78 is 44.1. The zero-order chi connectivity index (χ0) is 34.2. The molecule has 2 N–H and O–H groups in total. The molecule has 1 saturated carbocycles. The van der Waals surface area contributed by atoms with E-state index in [9.17, 15) is 18.0 Å². The summed E-state index contributed by atoms with van der Waals surface area (Å²) in [4.78, 5) is 19.0. The third kappa shape index (κ3) is 12.7. The number of quaternary nitrogens is 1. The minimum Gasteiger partial charge on any atom is -0.385 e. The number of carbonyl (C=O) groups excluding carboxylic acids is 1. The number of hydrogen-bond donors (Lipinski definition) is 2. The molecule has 0 spiro atoms. The van der Waals surface area contributed by atoms with Crippen molar-refractivity contribution in [1.29, 1.82) is 0 Å². The Hall–Kier alpha value is -2.29. The van der Waals surface area contributed by atoms with Crippen molar-refractivity contribution in [2.45, 2.75) is 150 Å². The fraction of sp³-hybridized carbons (Fsp3) is 0.784. The van der Waals surface area contributed by atoms with Crippen molar-refractivity contribution in [1.82, 2.24) is 15.5 Å². The maximum atomic E-state index is 14.4. The highest BCUT2D eigenvalue weighted by Crippen LogP contribution is 2.34. The van der Waals surface area contributed by atoms with Crippen molar-refractivity contribution in [3.8, 4) is 0 Å². The van der Waals surface area contributed by atoms with Crippen molar-refractivity contribution in [3.05, 3.63) is 35.3 Å². The number of nitrogens with one attached hydrogen (secondary N) is 2. The largest absolute Gasteiger partial charge is 0.419 e. The van der Waals surface area contributed by atoms with Crippen LogP contribution in [0, 0.1) is 5.92 Å². The number of likely N-dealkylation sites (N-methyl/N-ethyl adjacent to an activating group) is 1. The summed E-state index contributed by atoms with van der Waals surface area (Å²) in [6.07, 6.45) is 13.8. The summed E-state index contributed by atoms with van der Waals surface area (Å²) in [5.74, 6) is 1.14. The number of amides is 1. The highest BCUT2D eigenvalue weighted by atomic mass is 19.4. The average molecular weight is 653 g/mol. The first-order valence-electron chi connectivity index (χ1n) is 18.3. The highest BCUT2D eigenvalue weighted by Gasteiger charge is 2.42. The predicted octanol–water partition coefficient (Wildman–Crippen LogP) is 9.01. The number of hydrogen-bond acceptors (Lipinski definition) is 3. The first kappa shape index (κ1) is 39.9. The van der Waals surface area contributed by atoms with Crippen LogP contribution in [0.5, 0.6) is 0 Å². The van der Waals surface area contributed by atoms with E-state index in [1.807, 2.05) is 11.8 Å². The van der Waals surface area contributed by atoms with Gasteiger partial charge in [0.15, 0.2) is 0 Å². The SMILES string of the molecule is CC/C=C(NCCCN(CCCC)C(=O)CC1CC1)\C(=C/N=C(C)NC1=CCC[N+](C)(C(CCC)CCCC)C1CC)C(F)(F)F. The number of carbonyl (C=O) groups is 1. The van der Waals surface area contributed by atoms with E-state index in [-0.39, 0.29) is 17.6 Å². The average Bonchev–Trinajstić information content (AvgIpc) is 3.82. The minimum absolute atomic E-state index is 0.0434. The topological polar surface area (TPSA) is 56.7 Å². The van der Waals surface area contributed by atoms with Gasteiger partial charge in [0, 0.05) is 50.8 Å². The quantitative estimate of drug-likeness (QED) is 0.0428. The van der Waals surface area contributed by atoms with Crippen LogP contribution in [0.15, 0.2) is 40.3 Å². The number of halogens is 3. The van der Waals surface area contributed by atoms with Crippen LogP contribution in [-0.2, 0) is 4.79 Å². The summed E-state index contributed by atoms with van der Waals surface area (Å²) in [7, 11) is 2.37. The van der Waals surface area contributed by atoms with Crippen LogP contribution >= 0.6 is 0 Å². The minimum atomic E-state index is -4.57. The van der Waals surface area contributed by atoms with E-state index < -0.39 is 11.7 Å². The Morgan fingerprint density at radius 1 is 1.07 bits per heavy atom. The Morgan fingerprint density at radius 3 is 2.35 bits per heavy atom. The zero-order valence-electron chi connectivity index (χ0n) is 30.1. The van der Waals surface area contributed by atoms with Gasteiger partial charge in [-0.15, -0.1) is 0 Å². The maximum Gasteiger partial charge on any atom is 0.419 e. The molecular weight excluding hydrogens is 587 g/mol. The van der Waals surface area contributed by atoms with Crippen LogP contribution in [0.4, 0.5) is 13.2 Å². The fourth-order valence-corrected chi connectivity index (χ4v) is 6.90. The molecule has 46 heavy (non-hydrogen) atoms. The summed E-state index contributed by atoms with van der Waals surface area (Å²) in [6, 6.07) is 0.820. The lowest BCUT2D eigenvalue weighted by Gasteiger charge is -2.50. The van der Waals surface area contributed by atoms with Gasteiger partial charge in [0.05, 0.1) is 30.9 Å². The van der Waals surface area contributed by atoms with E-state index in [2.05, 4.69) is 56.4 Å². The van der Waals surface area contributed by atoms with Gasteiger partial charge < -0.3 is 20.0 Å². The Morgan fingerprint density at radius 2 is 1.76 bits per heavy atom. The molecular formula is C37H65F3N5O+. The van der Waals surface area contributed by atoms with Gasteiger partial charge in [0.2, 0.25) is 5.91 Å². The van der Waals surface area contributed by atoms with Crippen LogP contribution in [0.2, 0.25) is 0 Å². The predicted molar refractivity (Wildman–Crippen MR) is 186 cm³/mol. The molecule has 2 rings (SSSR count). The molecule has 3 atom stereocenters. The number of alkyl halides is 3. The van der Waals surface area contributed by atoms with Crippen molar-refractivity contribution >= 4 is 11.7 Å². The maximum absolute atomic E-state index is 14.4. The van der Waals surface area contributed by atoms with E-state index in [0.29, 0.717) is 56.7 Å².